The number of rotatable bonds is 6. The van der Waals surface area contributed by atoms with Gasteiger partial charge in [-0.1, -0.05) is 18.2 Å². The molecule has 1 aliphatic heterocycles. The van der Waals surface area contributed by atoms with Crippen molar-refractivity contribution in [1.29, 1.82) is 0 Å². The maximum atomic E-state index is 14.4. The Morgan fingerprint density at radius 1 is 1.11 bits per heavy atom. The quantitative estimate of drug-likeness (QED) is 0.700. The summed E-state index contributed by atoms with van der Waals surface area (Å²) in [6.45, 7) is 1.78. The summed E-state index contributed by atoms with van der Waals surface area (Å²) in [4.78, 5) is 14.3. The fourth-order valence-corrected chi connectivity index (χ4v) is 3.49. The molecule has 0 spiro atoms. The Hall–Kier alpha value is -3.15. The molecule has 1 aromatic heterocycles. The fourth-order valence-electron chi connectivity index (χ4n) is 3.49. The van der Waals surface area contributed by atoms with Crippen molar-refractivity contribution in [2.75, 3.05) is 23.3 Å². The zero-order valence-electron chi connectivity index (χ0n) is 15.6. The van der Waals surface area contributed by atoms with E-state index in [4.69, 9.17) is 0 Å². The Balaban J connectivity index is 1.32. The standard InChI is InChI=1S/C22H23FN4O/c23-20-14-18(9-10-21(20)26-12-4-5-13-26)25-22(28)11-8-17-15-24-27(16-17)19-6-2-1-3-7-19/h1-3,6-7,9-10,14-16H,4-5,8,11-13H2,(H,25,28). The van der Waals surface area contributed by atoms with Gasteiger partial charge in [0.05, 0.1) is 17.6 Å². The van der Waals surface area contributed by atoms with Crippen LogP contribution in [0.5, 0.6) is 0 Å². The minimum Gasteiger partial charge on any atom is -0.369 e. The van der Waals surface area contributed by atoms with Crippen LogP contribution in [0.3, 0.4) is 0 Å². The van der Waals surface area contributed by atoms with Gasteiger partial charge in [0.25, 0.3) is 0 Å². The highest BCUT2D eigenvalue weighted by atomic mass is 19.1. The lowest BCUT2D eigenvalue weighted by Gasteiger charge is -2.18. The highest BCUT2D eigenvalue weighted by Gasteiger charge is 2.16. The molecular weight excluding hydrogens is 355 g/mol. The van der Waals surface area contributed by atoms with E-state index in [0.717, 1.165) is 37.2 Å². The van der Waals surface area contributed by atoms with Gasteiger partial charge in [0.2, 0.25) is 5.91 Å². The molecule has 4 rings (SSSR count). The van der Waals surface area contributed by atoms with Crippen LogP contribution in [-0.4, -0.2) is 28.8 Å². The van der Waals surface area contributed by atoms with Crippen LogP contribution in [0.15, 0.2) is 60.9 Å². The lowest BCUT2D eigenvalue weighted by Crippen LogP contribution is -2.19. The first-order valence-electron chi connectivity index (χ1n) is 9.62. The van der Waals surface area contributed by atoms with E-state index in [1.165, 1.54) is 6.07 Å². The Labute approximate surface area is 163 Å². The number of halogens is 1. The van der Waals surface area contributed by atoms with E-state index < -0.39 is 0 Å². The van der Waals surface area contributed by atoms with Gasteiger partial charge in [0.15, 0.2) is 0 Å². The number of para-hydroxylation sites is 1. The van der Waals surface area contributed by atoms with Crippen molar-refractivity contribution in [3.63, 3.8) is 0 Å². The molecular formula is C22H23FN4O. The van der Waals surface area contributed by atoms with Gasteiger partial charge in [-0.25, -0.2) is 9.07 Å². The summed E-state index contributed by atoms with van der Waals surface area (Å²) in [6.07, 6.45) is 6.78. The number of anilines is 2. The number of nitrogens with zero attached hydrogens (tertiary/aromatic N) is 3. The van der Waals surface area contributed by atoms with Crippen LogP contribution in [0, 0.1) is 5.82 Å². The van der Waals surface area contributed by atoms with Crippen LogP contribution >= 0.6 is 0 Å². The van der Waals surface area contributed by atoms with Crippen molar-refractivity contribution < 1.29 is 9.18 Å². The summed E-state index contributed by atoms with van der Waals surface area (Å²) < 4.78 is 16.2. The number of nitrogens with one attached hydrogen (secondary N) is 1. The summed E-state index contributed by atoms with van der Waals surface area (Å²) in [5.74, 6) is -0.426. The first-order chi connectivity index (χ1) is 13.7. The second kappa shape index (κ2) is 8.25. The molecule has 2 aromatic carbocycles. The van der Waals surface area contributed by atoms with Gasteiger partial charge in [0, 0.05) is 31.4 Å². The minimum atomic E-state index is -0.288. The van der Waals surface area contributed by atoms with Gasteiger partial charge in [-0.3, -0.25) is 4.79 Å². The van der Waals surface area contributed by atoms with Gasteiger partial charge in [-0.15, -0.1) is 0 Å². The molecule has 0 atom stereocenters. The molecule has 0 saturated carbocycles. The van der Waals surface area contributed by atoms with Crippen molar-refractivity contribution in [2.24, 2.45) is 0 Å². The van der Waals surface area contributed by atoms with E-state index in [2.05, 4.69) is 10.4 Å². The van der Waals surface area contributed by atoms with Crippen LogP contribution in [0.25, 0.3) is 5.69 Å². The number of carbonyl (C=O) groups is 1. The largest absolute Gasteiger partial charge is 0.369 e. The summed E-state index contributed by atoms with van der Waals surface area (Å²) in [5, 5.41) is 7.12. The molecule has 3 aromatic rings. The van der Waals surface area contributed by atoms with Gasteiger partial charge >= 0.3 is 0 Å². The normalized spacial score (nSPS) is 13.7. The lowest BCUT2D eigenvalue weighted by molar-refractivity contribution is -0.116. The van der Waals surface area contributed by atoms with E-state index in [-0.39, 0.29) is 11.7 Å². The lowest BCUT2D eigenvalue weighted by atomic mass is 10.2. The third-order valence-electron chi connectivity index (χ3n) is 4.98. The number of benzene rings is 2. The second-order valence-corrected chi connectivity index (χ2v) is 7.04. The van der Waals surface area contributed by atoms with Crippen LogP contribution in [0.2, 0.25) is 0 Å². The number of carbonyl (C=O) groups excluding carboxylic acids is 1. The predicted molar refractivity (Wildman–Crippen MR) is 108 cm³/mol. The molecule has 1 aliphatic rings. The summed E-state index contributed by atoms with van der Waals surface area (Å²) in [5.41, 5.74) is 3.07. The first kappa shape index (κ1) is 18.2. The molecule has 2 heterocycles. The monoisotopic (exact) mass is 378 g/mol. The van der Waals surface area contributed by atoms with Crippen molar-refractivity contribution in [3.05, 3.63) is 72.3 Å². The van der Waals surface area contributed by atoms with Crippen molar-refractivity contribution >= 4 is 17.3 Å². The average Bonchev–Trinajstić information content (AvgIpc) is 3.39. The number of hydrogen-bond acceptors (Lipinski definition) is 3. The van der Waals surface area contributed by atoms with Crippen LogP contribution in [0.4, 0.5) is 15.8 Å². The second-order valence-electron chi connectivity index (χ2n) is 7.04. The van der Waals surface area contributed by atoms with Gasteiger partial charge < -0.3 is 10.2 Å². The van der Waals surface area contributed by atoms with Crippen LogP contribution in [-0.2, 0) is 11.2 Å². The minimum absolute atomic E-state index is 0.138. The van der Waals surface area contributed by atoms with Crippen LogP contribution in [0.1, 0.15) is 24.8 Å². The molecule has 5 nitrogen and oxygen atoms in total. The molecule has 1 amide bonds. The average molecular weight is 378 g/mol. The zero-order valence-corrected chi connectivity index (χ0v) is 15.6. The van der Waals surface area contributed by atoms with Gasteiger partial charge in [0.1, 0.15) is 5.82 Å². The molecule has 6 heteroatoms. The molecule has 1 saturated heterocycles. The number of amides is 1. The first-order valence-corrected chi connectivity index (χ1v) is 9.62. The Bertz CT molecular complexity index is 948. The molecule has 1 N–H and O–H groups in total. The van der Waals surface area contributed by atoms with E-state index in [1.807, 2.05) is 41.4 Å². The summed E-state index contributed by atoms with van der Waals surface area (Å²) >= 11 is 0. The van der Waals surface area contributed by atoms with Crippen molar-refractivity contribution in [3.8, 4) is 5.69 Å². The van der Waals surface area contributed by atoms with Crippen LogP contribution < -0.4 is 10.2 Å². The van der Waals surface area contributed by atoms with Crippen molar-refractivity contribution in [2.45, 2.75) is 25.7 Å². The van der Waals surface area contributed by atoms with E-state index in [9.17, 15) is 9.18 Å². The van der Waals surface area contributed by atoms with Gasteiger partial charge in [-0.05, 0) is 55.2 Å². The molecule has 0 unspecified atom stereocenters. The Morgan fingerprint density at radius 2 is 1.89 bits per heavy atom. The van der Waals surface area contributed by atoms with Crippen molar-refractivity contribution in [1.82, 2.24) is 9.78 Å². The maximum Gasteiger partial charge on any atom is 0.224 e. The Kier molecular flexibility index (Phi) is 5.37. The van der Waals surface area contributed by atoms with E-state index in [0.29, 0.717) is 24.2 Å². The smallest absolute Gasteiger partial charge is 0.224 e. The molecule has 0 bridgehead atoms. The molecule has 28 heavy (non-hydrogen) atoms. The topological polar surface area (TPSA) is 50.2 Å². The van der Waals surface area contributed by atoms with E-state index >= 15 is 0 Å². The van der Waals surface area contributed by atoms with E-state index in [1.54, 1.807) is 23.0 Å². The highest BCUT2D eigenvalue weighted by molar-refractivity contribution is 5.91. The molecule has 1 fully saturated rings. The number of aromatic nitrogens is 2. The summed E-state index contributed by atoms with van der Waals surface area (Å²) in [7, 11) is 0. The van der Waals surface area contributed by atoms with Gasteiger partial charge in [-0.2, -0.15) is 5.10 Å². The maximum absolute atomic E-state index is 14.4. The Morgan fingerprint density at radius 3 is 2.64 bits per heavy atom. The third kappa shape index (κ3) is 4.22. The summed E-state index contributed by atoms with van der Waals surface area (Å²) in [6, 6.07) is 14.7. The third-order valence-corrected chi connectivity index (χ3v) is 4.98. The zero-order chi connectivity index (χ0) is 19.3. The molecule has 0 aliphatic carbocycles. The number of aryl methyl sites for hydroxylation is 1. The predicted octanol–water partition coefficient (Wildman–Crippen LogP) is 4.18. The number of hydrogen-bond donors (Lipinski definition) is 1. The SMILES string of the molecule is O=C(CCc1cnn(-c2ccccc2)c1)Nc1ccc(N2CCCC2)c(F)c1. The highest BCUT2D eigenvalue weighted by Crippen LogP contribution is 2.26. The fraction of sp³-hybridized carbons (Fsp3) is 0.273. The molecule has 144 valence electrons. The molecule has 0 radical (unpaired) electrons.